The predicted molar refractivity (Wildman–Crippen MR) is 106 cm³/mol. The number of carbonyl (C=O) groups is 3. The van der Waals surface area contributed by atoms with Gasteiger partial charge in [-0.15, -0.1) is 11.3 Å². The standard InChI is InChI=1S/C21H21NO4S/c1-4-26-21(25)17-13(9-12(2)3)11-27-20(17)22-10-16-18(23)14-7-5-6-8-15(14)19(16)24/h5-8,10-12,16H,4,9H2,1-3H3. The highest BCUT2D eigenvalue weighted by atomic mass is 32.1. The molecule has 1 aromatic heterocycles. The minimum Gasteiger partial charge on any atom is -0.462 e. The summed E-state index contributed by atoms with van der Waals surface area (Å²) in [5, 5.41) is 2.37. The number of esters is 1. The van der Waals surface area contributed by atoms with Gasteiger partial charge in [-0.25, -0.2) is 9.79 Å². The summed E-state index contributed by atoms with van der Waals surface area (Å²) in [7, 11) is 0. The van der Waals surface area contributed by atoms with Gasteiger partial charge in [-0.1, -0.05) is 38.1 Å². The number of thiophene rings is 1. The Morgan fingerprint density at radius 2 is 1.85 bits per heavy atom. The second kappa shape index (κ2) is 7.96. The lowest BCUT2D eigenvalue weighted by Gasteiger charge is -2.07. The van der Waals surface area contributed by atoms with Gasteiger partial charge >= 0.3 is 5.97 Å². The Bertz CT molecular complexity index is 891. The molecule has 1 heterocycles. The van der Waals surface area contributed by atoms with Crippen LogP contribution in [0.2, 0.25) is 0 Å². The third-order valence-electron chi connectivity index (χ3n) is 4.32. The van der Waals surface area contributed by atoms with Crippen molar-refractivity contribution in [2.45, 2.75) is 27.2 Å². The maximum atomic E-state index is 12.5. The Hall–Kier alpha value is -2.60. The maximum absolute atomic E-state index is 12.5. The average Bonchev–Trinajstić information content (AvgIpc) is 3.13. The molecule has 0 N–H and O–H groups in total. The van der Waals surface area contributed by atoms with Crippen LogP contribution >= 0.6 is 11.3 Å². The smallest absolute Gasteiger partial charge is 0.341 e. The second-order valence-electron chi connectivity index (χ2n) is 6.79. The molecule has 140 valence electrons. The lowest BCUT2D eigenvalue weighted by molar-refractivity contribution is 0.0526. The van der Waals surface area contributed by atoms with E-state index in [9.17, 15) is 14.4 Å². The van der Waals surface area contributed by atoms with Gasteiger partial charge in [0.05, 0.1) is 12.2 Å². The molecular weight excluding hydrogens is 362 g/mol. The first-order valence-electron chi connectivity index (χ1n) is 8.93. The molecule has 0 bridgehead atoms. The van der Waals surface area contributed by atoms with Crippen LogP contribution in [0.25, 0.3) is 0 Å². The van der Waals surface area contributed by atoms with Crippen molar-refractivity contribution in [1.29, 1.82) is 0 Å². The molecular formula is C21H21NO4S. The Kier molecular flexibility index (Phi) is 5.65. The van der Waals surface area contributed by atoms with E-state index in [1.165, 1.54) is 17.6 Å². The summed E-state index contributed by atoms with van der Waals surface area (Å²) < 4.78 is 5.17. The molecule has 0 amide bonds. The monoisotopic (exact) mass is 383 g/mol. The van der Waals surface area contributed by atoms with Crippen molar-refractivity contribution in [3.05, 3.63) is 51.9 Å². The summed E-state index contributed by atoms with van der Waals surface area (Å²) in [5.41, 5.74) is 2.17. The number of Topliss-reactive ketones (excluding diaryl/α,β-unsaturated/α-hetero) is 2. The highest BCUT2D eigenvalue weighted by Crippen LogP contribution is 2.34. The number of aliphatic imine (C=N–C) groups is 1. The normalized spacial score (nSPS) is 14.4. The molecule has 1 aliphatic rings. The number of carbonyl (C=O) groups excluding carboxylic acids is 3. The second-order valence-corrected chi connectivity index (χ2v) is 7.65. The largest absolute Gasteiger partial charge is 0.462 e. The molecule has 27 heavy (non-hydrogen) atoms. The van der Waals surface area contributed by atoms with Gasteiger partial charge in [0.2, 0.25) is 0 Å². The first-order chi connectivity index (χ1) is 12.9. The maximum Gasteiger partial charge on any atom is 0.341 e. The molecule has 0 spiro atoms. The van der Waals surface area contributed by atoms with Gasteiger partial charge in [-0.2, -0.15) is 0 Å². The van der Waals surface area contributed by atoms with E-state index in [1.807, 2.05) is 5.38 Å². The van der Waals surface area contributed by atoms with Crippen molar-refractivity contribution in [3.8, 4) is 0 Å². The lowest BCUT2D eigenvalue weighted by atomic mass is 10.0. The van der Waals surface area contributed by atoms with Crippen molar-refractivity contribution in [2.75, 3.05) is 6.61 Å². The molecule has 6 heteroatoms. The van der Waals surface area contributed by atoms with E-state index >= 15 is 0 Å². The molecule has 0 saturated carbocycles. The van der Waals surface area contributed by atoms with Gasteiger partial charge in [0.25, 0.3) is 0 Å². The number of hydrogen-bond acceptors (Lipinski definition) is 6. The third-order valence-corrected chi connectivity index (χ3v) is 5.25. The fourth-order valence-electron chi connectivity index (χ4n) is 3.13. The fraction of sp³-hybridized carbons (Fsp3) is 0.333. The molecule has 5 nitrogen and oxygen atoms in total. The summed E-state index contributed by atoms with van der Waals surface area (Å²) in [6.07, 6.45) is 2.09. The molecule has 0 atom stereocenters. The summed E-state index contributed by atoms with van der Waals surface area (Å²) >= 11 is 1.32. The van der Waals surface area contributed by atoms with Gasteiger partial charge in [0, 0.05) is 17.3 Å². The first kappa shape index (κ1) is 19.2. The molecule has 0 radical (unpaired) electrons. The van der Waals surface area contributed by atoms with E-state index in [2.05, 4.69) is 18.8 Å². The predicted octanol–water partition coefficient (Wildman–Crippen LogP) is 4.52. The van der Waals surface area contributed by atoms with Crippen LogP contribution in [0.1, 0.15) is 57.4 Å². The van der Waals surface area contributed by atoms with Crippen LogP contribution in [0.4, 0.5) is 5.00 Å². The average molecular weight is 383 g/mol. The minimum atomic E-state index is -0.937. The number of hydrogen-bond donors (Lipinski definition) is 0. The third kappa shape index (κ3) is 3.76. The fourth-order valence-corrected chi connectivity index (χ4v) is 4.06. The van der Waals surface area contributed by atoms with Crippen molar-refractivity contribution < 1.29 is 19.1 Å². The highest BCUT2D eigenvalue weighted by Gasteiger charge is 2.37. The number of fused-ring (bicyclic) bond motifs is 1. The van der Waals surface area contributed by atoms with Crippen molar-refractivity contribution in [3.63, 3.8) is 0 Å². The van der Waals surface area contributed by atoms with Crippen LogP contribution in [0.5, 0.6) is 0 Å². The molecule has 1 aromatic carbocycles. The quantitative estimate of drug-likeness (QED) is 0.418. The van der Waals surface area contributed by atoms with Crippen LogP contribution in [0, 0.1) is 11.8 Å². The molecule has 3 rings (SSSR count). The Morgan fingerprint density at radius 3 is 2.41 bits per heavy atom. The van der Waals surface area contributed by atoms with E-state index < -0.39 is 11.9 Å². The summed E-state index contributed by atoms with van der Waals surface area (Å²) in [5.74, 6) is -1.49. The summed E-state index contributed by atoms with van der Waals surface area (Å²) in [4.78, 5) is 41.8. The highest BCUT2D eigenvalue weighted by molar-refractivity contribution is 7.14. The molecule has 2 aromatic rings. The first-order valence-corrected chi connectivity index (χ1v) is 9.81. The van der Waals surface area contributed by atoms with Crippen LogP contribution in [-0.2, 0) is 11.2 Å². The van der Waals surface area contributed by atoms with Gasteiger partial charge < -0.3 is 4.74 Å². The SMILES string of the molecule is CCOC(=O)c1c(CC(C)C)csc1N=CC1C(=O)c2ccccc2C1=O. The number of benzene rings is 1. The number of ether oxygens (including phenoxy) is 1. The van der Waals surface area contributed by atoms with E-state index in [-0.39, 0.29) is 18.2 Å². The zero-order valence-electron chi connectivity index (χ0n) is 15.5. The number of ketones is 2. The minimum absolute atomic E-state index is 0.254. The van der Waals surface area contributed by atoms with Crippen molar-refractivity contribution in [1.82, 2.24) is 0 Å². The van der Waals surface area contributed by atoms with Gasteiger partial charge in [-0.3, -0.25) is 9.59 Å². The molecule has 0 saturated heterocycles. The van der Waals surface area contributed by atoms with Crippen LogP contribution in [0.15, 0.2) is 34.6 Å². The van der Waals surface area contributed by atoms with E-state index in [0.717, 1.165) is 12.0 Å². The van der Waals surface area contributed by atoms with Gasteiger partial charge in [0.1, 0.15) is 10.9 Å². The zero-order valence-corrected chi connectivity index (χ0v) is 16.3. The van der Waals surface area contributed by atoms with Crippen LogP contribution in [-0.4, -0.2) is 30.4 Å². The number of rotatable bonds is 6. The van der Waals surface area contributed by atoms with Gasteiger partial charge in [-0.05, 0) is 30.2 Å². The van der Waals surface area contributed by atoms with Crippen LogP contribution in [0.3, 0.4) is 0 Å². The Morgan fingerprint density at radius 1 is 1.22 bits per heavy atom. The van der Waals surface area contributed by atoms with E-state index in [0.29, 0.717) is 27.6 Å². The molecule has 0 fully saturated rings. The van der Waals surface area contributed by atoms with Crippen molar-refractivity contribution >= 4 is 40.1 Å². The summed E-state index contributed by atoms with van der Waals surface area (Å²) in [6, 6.07) is 6.78. The van der Waals surface area contributed by atoms with Gasteiger partial charge in [0.15, 0.2) is 11.6 Å². The summed E-state index contributed by atoms with van der Waals surface area (Å²) in [6.45, 7) is 6.17. The zero-order chi connectivity index (χ0) is 19.6. The lowest BCUT2D eigenvalue weighted by Crippen LogP contribution is -2.16. The van der Waals surface area contributed by atoms with E-state index in [4.69, 9.17) is 4.74 Å². The Labute approximate surface area is 162 Å². The van der Waals surface area contributed by atoms with Crippen LogP contribution < -0.4 is 0 Å². The van der Waals surface area contributed by atoms with Crippen molar-refractivity contribution in [2.24, 2.45) is 16.8 Å². The molecule has 1 aliphatic carbocycles. The number of nitrogens with zero attached hydrogens (tertiary/aromatic N) is 1. The molecule has 0 unspecified atom stereocenters. The molecule has 0 aliphatic heterocycles. The topological polar surface area (TPSA) is 72.8 Å². The van der Waals surface area contributed by atoms with E-state index in [1.54, 1.807) is 31.2 Å². The Balaban J connectivity index is 1.92.